The van der Waals surface area contributed by atoms with E-state index in [1.165, 1.54) is 27.8 Å². The van der Waals surface area contributed by atoms with E-state index in [2.05, 4.69) is 22.4 Å². The molecule has 1 fully saturated rings. The highest BCUT2D eigenvalue weighted by Crippen LogP contribution is 2.25. The van der Waals surface area contributed by atoms with Crippen molar-refractivity contribution < 1.29 is 14.0 Å². The van der Waals surface area contributed by atoms with Crippen LogP contribution < -0.4 is 5.32 Å². The van der Waals surface area contributed by atoms with E-state index in [1.807, 2.05) is 25.1 Å². The fourth-order valence-corrected chi connectivity index (χ4v) is 3.35. The van der Waals surface area contributed by atoms with E-state index in [4.69, 9.17) is 4.42 Å². The average Bonchev–Trinajstić information content (AvgIpc) is 3.11. The van der Waals surface area contributed by atoms with Crippen LogP contribution in [0.2, 0.25) is 0 Å². The van der Waals surface area contributed by atoms with Crippen LogP contribution in [0.4, 0.5) is 4.79 Å². The Balaban J connectivity index is 1.52. The number of hydrogen-bond donors (Lipinski definition) is 1. The molecule has 7 nitrogen and oxygen atoms in total. The molecular formula is C18H22N4O3S. The van der Waals surface area contributed by atoms with E-state index >= 15 is 0 Å². The number of carbonyl (C=O) groups is 2. The maximum atomic E-state index is 12.1. The predicted octanol–water partition coefficient (Wildman–Crippen LogP) is 3.17. The molecule has 1 N–H and O–H groups in total. The topological polar surface area (TPSA) is 88.3 Å². The summed E-state index contributed by atoms with van der Waals surface area (Å²) in [6, 6.07) is 5.68. The maximum Gasteiger partial charge on any atom is 0.325 e. The first-order chi connectivity index (χ1) is 12.3. The number of benzene rings is 1. The van der Waals surface area contributed by atoms with Crippen LogP contribution >= 0.6 is 11.8 Å². The molecule has 1 aliphatic heterocycles. The van der Waals surface area contributed by atoms with Gasteiger partial charge in [0.1, 0.15) is 5.54 Å². The Labute approximate surface area is 156 Å². The Morgan fingerprint density at radius 1 is 1.19 bits per heavy atom. The molecule has 26 heavy (non-hydrogen) atoms. The van der Waals surface area contributed by atoms with Crippen LogP contribution in [0, 0.1) is 13.8 Å². The molecule has 0 radical (unpaired) electrons. The molecule has 1 saturated heterocycles. The monoisotopic (exact) mass is 374 g/mol. The zero-order valence-corrected chi connectivity index (χ0v) is 16.1. The molecular weight excluding hydrogens is 352 g/mol. The summed E-state index contributed by atoms with van der Waals surface area (Å²) in [6.07, 6.45) is 0.654. The van der Waals surface area contributed by atoms with Crippen molar-refractivity contribution >= 4 is 23.7 Å². The predicted molar refractivity (Wildman–Crippen MR) is 98.9 cm³/mol. The van der Waals surface area contributed by atoms with Crippen molar-refractivity contribution in [3.05, 3.63) is 29.3 Å². The molecule has 0 bridgehead atoms. The van der Waals surface area contributed by atoms with Crippen molar-refractivity contribution in [2.45, 2.75) is 44.9 Å². The normalized spacial score (nSPS) is 16.2. The Morgan fingerprint density at radius 2 is 1.96 bits per heavy atom. The lowest BCUT2D eigenvalue weighted by molar-refractivity contribution is -0.130. The second kappa shape index (κ2) is 7.11. The van der Waals surface area contributed by atoms with Gasteiger partial charge in [-0.05, 0) is 57.4 Å². The van der Waals surface area contributed by atoms with Crippen molar-refractivity contribution in [2.24, 2.45) is 0 Å². The van der Waals surface area contributed by atoms with Crippen LogP contribution in [0.15, 0.2) is 27.8 Å². The second-order valence-corrected chi connectivity index (χ2v) is 7.93. The minimum absolute atomic E-state index is 0.192. The number of thioether (sulfide) groups is 1. The van der Waals surface area contributed by atoms with Crippen molar-refractivity contribution in [2.75, 3.05) is 12.3 Å². The number of hydrogen-bond acceptors (Lipinski definition) is 6. The lowest BCUT2D eigenvalue weighted by Crippen LogP contribution is -2.40. The Kier molecular flexibility index (Phi) is 5.04. The maximum absolute atomic E-state index is 12.1. The Morgan fingerprint density at radius 3 is 2.62 bits per heavy atom. The molecule has 0 unspecified atom stereocenters. The van der Waals surface area contributed by atoms with E-state index in [9.17, 15) is 9.59 Å². The number of rotatable bonds is 6. The summed E-state index contributed by atoms with van der Waals surface area (Å²) < 4.78 is 5.69. The fraction of sp³-hybridized carbons (Fsp3) is 0.444. The van der Waals surface area contributed by atoms with Gasteiger partial charge in [0.05, 0.1) is 0 Å². The summed E-state index contributed by atoms with van der Waals surface area (Å²) in [5.41, 5.74) is 2.46. The van der Waals surface area contributed by atoms with Gasteiger partial charge in [0, 0.05) is 17.9 Å². The van der Waals surface area contributed by atoms with Crippen LogP contribution in [0.1, 0.15) is 31.4 Å². The minimum atomic E-state index is -0.822. The molecule has 138 valence electrons. The third-order valence-corrected chi connectivity index (χ3v) is 5.26. The third-order valence-electron chi connectivity index (χ3n) is 4.36. The summed E-state index contributed by atoms with van der Waals surface area (Å²) >= 11 is 1.42. The number of carbonyl (C=O) groups excluding carboxylic acids is 2. The van der Waals surface area contributed by atoms with E-state index < -0.39 is 5.54 Å². The van der Waals surface area contributed by atoms with Gasteiger partial charge in [-0.1, -0.05) is 17.8 Å². The van der Waals surface area contributed by atoms with Crippen molar-refractivity contribution in [3.63, 3.8) is 0 Å². The molecule has 1 aromatic carbocycles. The summed E-state index contributed by atoms with van der Waals surface area (Å²) in [5.74, 6) is 0.972. The van der Waals surface area contributed by atoms with Gasteiger partial charge in [-0.15, -0.1) is 10.2 Å². The molecule has 3 rings (SSSR count). The van der Waals surface area contributed by atoms with Crippen LogP contribution in [0.5, 0.6) is 0 Å². The molecule has 0 atom stereocenters. The summed E-state index contributed by atoms with van der Waals surface area (Å²) in [5, 5.41) is 11.3. The van der Waals surface area contributed by atoms with Gasteiger partial charge in [-0.2, -0.15) is 0 Å². The van der Waals surface area contributed by atoms with Gasteiger partial charge in [-0.25, -0.2) is 4.79 Å². The quantitative estimate of drug-likeness (QED) is 0.475. The standard InChI is InChI=1S/C18H22N4O3S/c1-11-6-7-13(10-12(11)2)14-20-21-17(25-14)26-9-5-8-22-15(23)18(3,4)19-16(22)24/h6-7,10H,5,8-9H2,1-4H3,(H,19,24). The zero-order valence-electron chi connectivity index (χ0n) is 15.3. The minimum Gasteiger partial charge on any atom is -0.411 e. The number of nitrogens with zero attached hydrogens (tertiary/aromatic N) is 3. The van der Waals surface area contributed by atoms with E-state index in [1.54, 1.807) is 13.8 Å². The summed E-state index contributed by atoms with van der Waals surface area (Å²) in [7, 11) is 0. The molecule has 0 saturated carbocycles. The number of amides is 3. The van der Waals surface area contributed by atoms with Gasteiger partial charge in [0.25, 0.3) is 11.1 Å². The van der Waals surface area contributed by atoms with E-state index in [0.29, 0.717) is 29.8 Å². The van der Waals surface area contributed by atoms with Crippen molar-refractivity contribution in [3.8, 4) is 11.5 Å². The summed E-state index contributed by atoms with van der Waals surface area (Å²) in [4.78, 5) is 25.2. The molecule has 8 heteroatoms. The van der Waals surface area contributed by atoms with Crippen LogP contribution in [-0.2, 0) is 4.79 Å². The highest BCUT2D eigenvalue weighted by molar-refractivity contribution is 7.99. The first kappa shape index (κ1) is 18.4. The molecule has 1 aromatic heterocycles. The van der Waals surface area contributed by atoms with Gasteiger partial charge in [0.2, 0.25) is 5.89 Å². The molecule has 1 aliphatic rings. The molecule has 0 spiro atoms. The summed E-state index contributed by atoms with van der Waals surface area (Å²) in [6.45, 7) is 7.88. The van der Waals surface area contributed by atoms with Gasteiger partial charge in [-0.3, -0.25) is 9.69 Å². The van der Waals surface area contributed by atoms with Crippen LogP contribution in [0.3, 0.4) is 0 Å². The molecule has 0 aliphatic carbocycles. The largest absolute Gasteiger partial charge is 0.411 e. The average molecular weight is 374 g/mol. The second-order valence-electron chi connectivity index (χ2n) is 6.89. The van der Waals surface area contributed by atoms with Gasteiger partial charge in [0.15, 0.2) is 0 Å². The van der Waals surface area contributed by atoms with E-state index in [-0.39, 0.29) is 11.9 Å². The lowest BCUT2D eigenvalue weighted by Gasteiger charge is -2.15. The Bertz CT molecular complexity index is 847. The number of imide groups is 1. The van der Waals surface area contributed by atoms with Gasteiger partial charge >= 0.3 is 6.03 Å². The number of aryl methyl sites for hydroxylation is 2. The molecule has 2 heterocycles. The zero-order chi connectivity index (χ0) is 18.9. The van der Waals surface area contributed by atoms with Crippen molar-refractivity contribution in [1.29, 1.82) is 0 Å². The first-order valence-corrected chi connectivity index (χ1v) is 9.44. The van der Waals surface area contributed by atoms with Crippen LogP contribution in [0.25, 0.3) is 11.5 Å². The fourth-order valence-electron chi connectivity index (χ4n) is 2.66. The lowest BCUT2D eigenvalue weighted by atomic mass is 10.1. The highest BCUT2D eigenvalue weighted by atomic mass is 32.2. The molecule has 3 amide bonds. The Hall–Kier alpha value is -2.35. The van der Waals surface area contributed by atoms with E-state index in [0.717, 1.165) is 5.56 Å². The SMILES string of the molecule is Cc1ccc(-c2nnc(SCCCN3C(=O)NC(C)(C)C3=O)o2)cc1C. The highest BCUT2D eigenvalue weighted by Gasteiger charge is 2.43. The van der Waals surface area contributed by atoms with Crippen molar-refractivity contribution in [1.82, 2.24) is 20.4 Å². The first-order valence-electron chi connectivity index (χ1n) is 8.46. The number of aromatic nitrogens is 2. The number of nitrogens with one attached hydrogen (secondary N) is 1. The van der Waals surface area contributed by atoms with Crippen LogP contribution in [-0.4, -0.2) is 44.9 Å². The smallest absolute Gasteiger partial charge is 0.325 e. The number of urea groups is 1. The molecule has 2 aromatic rings. The van der Waals surface area contributed by atoms with Gasteiger partial charge < -0.3 is 9.73 Å². The third kappa shape index (κ3) is 3.75.